The van der Waals surface area contributed by atoms with E-state index in [1.807, 2.05) is 16.7 Å². The first-order chi connectivity index (χ1) is 11.5. The Morgan fingerprint density at radius 3 is 2.54 bits per heavy atom. The predicted molar refractivity (Wildman–Crippen MR) is 94.9 cm³/mol. The van der Waals surface area contributed by atoms with Crippen LogP contribution >= 0.6 is 0 Å². The number of H-pyrrole nitrogens is 1. The molecule has 0 saturated carbocycles. The molecule has 1 aliphatic rings. The number of carbonyl (C=O) groups is 2. The second kappa shape index (κ2) is 6.67. The normalized spacial score (nSPS) is 15.6. The standard InChI is InChI=1S/C19H25N3O2/c1-13-5-6-18-17(11-13)16(14(2)20-18)12-19(24)22-8-4-7-21(9-10-22)15(3)23/h5-6,11,20H,4,7-10,12H2,1-3H3. The molecule has 1 aromatic carbocycles. The lowest BCUT2D eigenvalue weighted by atomic mass is 10.1. The zero-order chi connectivity index (χ0) is 17.3. The van der Waals surface area contributed by atoms with Gasteiger partial charge in [0.2, 0.25) is 11.8 Å². The summed E-state index contributed by atoms with van der Waals surface area (Å²) in [6.07, 6.45) is 1.26. The van der Waals surface area contributed by atoms with Gasteiger partial charge in [-0.15, -0.1) is 0 Å². The number of aryl methyl sites for hydroxylation is 2. The highest BCUT2D eigenvalue weighted by Crippen LogP contribution is 2.24. The molecule has 0 atom stereocenters. The summed E-state index contributed by atoms with van der Waals surface area (Å²) in [7, 11) is 0. The third-order valence-electron chi connectivity index (χ3n) is 4.90. The predicted octanol–water partition coefficient (Wildman–Crippen LogP) is 2.41. The SMILES string of the molecule is CC(=O)N1CCCN(C(=O)Cc2c(C)[nH]c3ccc(C)cc23)CC1. The van der Waals surface area contributed by atoms with Gasteiger partial charge in [-0.25, -0.2) is 0 Å². The van der Waals surface area contributed by atoms with Crippen LogP contribution in [0.1, 0.15) is 30.2 Å². The summed E-state index contributed by atoms with van der Waals surface area (Å²) < 4.78 is 0. The molecule has 2 heterocycles. The highest BCUT2D eigenvalue weighted by molar-refractivity contribution is 5.90. The van der Waals surface area contributed by atoms with Crippen LogP contribution in [-0.2, 0) is 16.0 Å². The number of rotatable bonds is 2. The zero-order valence-corrected chi connectivity index (χ0v) is 14.7. The number of fused-ring (bicyclic) bond motifs is 1. The van der Waals surface area contributed by atoms with Gasteiger partial charge in [0.05, 0.1) is 6.42 Å². The van der Waals surface area contributed by atoms with Gasteiger partial charge in [0.1, 0.15) is 0 Å². The van der Waals surface area contributed by atoms with E-state index in [2.05, 4.69) is 30.1 Å². The molecule has 0 bridgehead atoms. The Morgan fingerprint density at radius 1 is 1.08 bits per heavy atom. The summed E-state index contributed by atoms with van der Waals surface area (Å²) in [6, 6.07) is 6.29. The Morgan fingerprint density at radius 2 is 1.79 bits per heavy atom. The van der Waals surface area contributed by atoms with Crippen LogP contribution in [0.5, 0.6) is 0 Å². The van der Waals surface area contributed by atoms with Crippen molar-refractivity contribution in [3.05, 3.63) is 35.0 Å². The summed E-state index contributed by atoms with van der Waals surface area (Å²) in [4.78, 5) is 31.4. The molecule has 5 heteroatoms. The van der Waals surface area contributed by atoms with Crippen LogP contribution in [0.3, 0.4) is 0 Å². The van der Waals surface area contributed by atoms with E-state index < -0.39 is 0 Å². The van der Waals surface area contributed by atoms with Crippen LogP contribution in [0.2, 0.25) is 0 Å². The molecule has 1 saturated heterocycles. The van der Waals surface area contributed by atoms with E-state index in [0.29, 0.717) is 19.5 Å². The molecule has 1 aliphatic heterocycles. The van der Waals surface area contributed by atoms with Gasteiger partial charge in [0.25, 0.3) is 0 Å². The molecule has 0 aliphatic carbocycles. The minimum absolute atomic E-state index is 0.0900. The van der Waals surface area contributed by atoms with Crippen molar-refractivity contribution in [2.45, 2.75) is 33.6 Å². The van der Waals surface area contributed by atoms with Crippen molar-refractivity contribution in [2.75, 3.05) is 26.2 Å². The number of hydrogen-bond donors (Lipinski definition) is 1. The number of benzene rings is 1. The van der Waals surface area contributed by atoms with E-state index in [0.717, 1.165) is 41.7 Å². The van der Waals surface area contributed by atoms with Gasteiger partial charge in [-0.05, 0) is 38.0 Å². The van der Waals surface area contributed by atoms with Crippen molar-refractivity contribution < 1.29 is 9.59 Å². The topological polar surface area (TPSA) is 56.4 Å². The number of amides is 2. The first kappa shape index (κ1) is 16.6. The van der Waals surface area contributed by atoms with Gasteiger partial charge in [-0.1, -0.05) is 11.6 Å². The van der Waals surface area contributed by atoms with Crippen molar-refractivity contribution in [2.24, 2.45) is 0 Å². The molecule has 1 fully saturated rings. The molecule has 1 N–H and O–H groups in total. The number of carbonyl (C=O) groups excluding carboxylic acids is 2. The molecular weight excluding hydrogens is 302 g/mol. The molecule has 2 amide bonds. The molecule has 0 unspecified atom stereocenters. The van der Waals surface area contributed by atoms with Crippen molar-refractivity contribution in [1.29, 1.82) is 0 Å². The van der Waals surface area contributed by atoms with Gasteiger partial charge in [0, 0.05) is 49.7 Å². The molecular formula is C19H25N3O2. The van der Waals surface area contributed by atoms with Crippen molar-refractivity contribution in [3.8, 4) is 0 Å². The van der Waals surface area contributed by atoms with Crippen molar-refractivity contribution in [1.82, 2.24) is 14.8 Å². The largest absolute Gasteiger partial charge is 0.358 e. The minimum atomic E-state index is 0.0900. The Hall–Kier alpha value is -2.30. The first-order valence-corrected chi connectivity index (χ1v) is 8.57. The zero-order valence-electron chi connectivity index (χ0n) is 14.7. The van der Waals surface area contributed by atoms with E-state index in [1.165, 1.54) is 5.56 Å². The van der Waals surface area contributed by atoms with Crippen LogP contribution in [0.25, 0.3) is 10.9 Å². The fourth-order valence-electron chi connectivity index (χ4n) is 3.47. The van der Waals surface area contributed by atoms with E-state index in [9.17, 15) is 9.59 Å². The highest BCUT2D eigenvalue weighted by Gasteiger charge is 2.22. The first-order valence-electron chi connectivity index (χ1n) is 8.57. The van der Waals surface area contributed by atoms with Gasteiger partial charge in [-0.2, -0.15) is 0 Å². The van der Waals surface area contributed by atoms with Gasteiger partial charge in [0.15, 0.2) is 0 Å². The molecule has 0 radical (unpaired) electrons. The fourth-order valence-corrected chi connectivity index (χ4v) is 3.47. The lowest BCUT2D eigenvalue weighted by molar-refractivity contribution is -0.132. The second-order valence-electron chi connectivity index (χ2n) is 6.69. The van der Waals surface area contributed by atoms with Crippen LogP contribution in [0.15, 0.2) is 18.2 Å². The number of aromatic amines is 1. The number of aromatic nitrogens is 1. The number of hydrogen-bond acceptors (Lipinski definition) is 2. The fraction of sp³-hybridized carbons (Fsp3) is 0.474. The minimum Gasteiger partial charge on any atom is -0.358 e. The lowest BCUT2D eigenvalue weighted by Crippen LogP contribution is -2.37. The van der Waals surface area contributed by atoms with Crippen LogP contribution in [-0.4, -0.2) is 52.8 Å². The van der Waals surface area contributed by atoms with Crippen LogP contribution < -0.4 is 0 Å². The summed E-state index contributed by atoms with van der Waals surface area (Å²) in [5.74, 6) is 0.234. The molecule has 3 rings (SSSR count). The Balaban J connectivity index is 1.76. The average Bonchev–Trinajstić information content (AvgIpc) is 2.73. The second-order valence-corrected chi connectivity index (χ2v) is 6.69. The average molecular weight is 327 g/mol. The smallest absolute Gasteiger partial charge is 0.227 e. The maximum Gasteiger partial charge on any atom is 0.227 e. The van der Waals surface area contributed by atoms with Gasteiger partial charge in [-0.3, -0.25) is 9.59 Å². The molecule has 128 valence electrons. The van der Waals surface area contributed by atoms with Crippen molar-refractivity contribution in [3.63, 3.8) is 0 Å². The van der Waals surface area contributed by atoms with E-state index in [4.69, 9.17) is 0 Å². The van der Waals surface area contributed by atoms with Crippen LogP contribution in [0.4, 0.5) is 0 Å². The maximum absolute atomic E-state index is 12.8. The van der Waals surface area contributed by atoms with Gasteiger partial charge < -0.3 is 14.8 Å². The third-order valence-corrected chi connectivity index (χ3v) is 4.90. The molecule has 24 heavy (non-hydrogen) atoms. The lowest BCUT2D eigenvalue weighted by Gasteiger charge is -2.21. The number of nitrogens with one attached hydrogen (secondary N) is 1. The summed E-state index contributed by atoms with van der Waals surface area (Å²) >= 11 is 0. The highest BCUT2D eigenvalue weighted by atomic mass is 16.2. The third kappa shape index (κ3) is 3.30. The Labute approximate surface area is 142 Å². The maximum atomic E-state index is 12.8. The summed E-state index contributed by atoms with van der Waals surface area (Å²) in [5.41, 5.74) is 4.43. The van der Waals surface area contributed by atoms with Gasteiger partial charge >= 0.3 is 0 Å². The summed E-state index contributed by atoms with van der Waals surface area (Å²) in [6.45, 7) is 8.41. The molecule has 1 aromatic heterocycles. The quantitative estimate of drug-likeness (QED) is 0.921. The summed E-state index contributed by atoms with van der Waals surface area (Å²) in [5, 5.41) is 1.14. The van der Waals surface area contributed by atoms with E-state index in [1.54, 1.807) is 6.92 Å². The Bertz CT molecular complexity index is 778. The molecule has 5 nitrogen and oxygen atoms in total. The Kier molecular flexibility index (Phi) is 4.60. The number of nitrogens with zero attached hydrogens (tertiary/aromatic N) is 2. The monoisotopic (exact) mass is 327 g/mol. The van der Waals surface area contributed by atoms with Crippen LogP contribution in [0, 0.1) is 13.8 Å². The molecule has 2 aromatic rings. The molecule has 0 spiro atoms. The van der Waals surface area contributed by atoms with Crippen molar-refractivity contribution >= 4 is 22.7 Å². The van der Waals surface area contributed by atoms with E-state index in [-0.39, 0.29) is 11.8 Å². The van der Waals surface area contributed by atoms with E-state index >= 15 is 0 Å².